The molecule has 1 N–H and O–H groups in total. The standard InChI is InChI=1S/C17H28N2O3S/c20-17(11-14-10-12-1-2-13(14)9-12)18-15-5-7-19(8-6-15)23(21,22)16-3-4-16/h12-16H,1-11H2,(H,18,20)/t12-,13-,14-/m0/s1. The molecule has 4 aliphatic rings. The summed E-state index contributed by atoms with van der Waals surface area (Å²) in [6.45, 7) is 1.13. The van der Waals surface area contributed by atoms with Crippen LogP contribution in [0.1, 0.15) is 57.8 Å². The lowest BCUT2D eigenvalue weighted by Crippen LogP contribution is -2.47. The van der Waals surface area contributed by atoms with Crippen LogP contribution in [0.25, 0.3) is 0 Å². The number of carbonyl (C=O) groups excluding carboxylic acids is 1. The highest BCUT2D eigenvalue weighted by molar-refractivity contribution is 7.90. The summed E-state index contributed by atoms with van der Waals surface area (Å²) < 4.78 is 26.1. The van der Waals surface area contributed by atoms with E-state index in [-0.39, 0.29) is 17.2 Å². The molecule has 2 bridgehead atoms. The smallest absolute Gasteiger partial charge is 0.220 e. The minimum absolute atomic E-state index is 0.119. The van der Waals surface area contributed by atoms with E-state index in [0.717, 1.165) is 37.5 Å². The Morgan fingerprint density at radius 1 is 1.00 bits per heavy atom. The Labute approximate surface area is 139 Å². The monoisotopic (exact) mass is 340 g/mol. The molecule has 3 aliphatic carbocycles. The van der Waals surface area contributed by atoms with Crippen LogP contribution in [0.5, 0.6) is 0 Å². The molecule has 1 heterocycles. The first-order valence-corrected chi connectivity index (χ1v) is 10.8. The maximum atomic E-state index is 12.3. The molecule has 1 saturated heterocycles. The number of carbonyl (C=O) groups is 1. The minimum atomic E-state index is -3.04. The predicted molar refractivity (Wildman–Crippen MR) is 88.2 cm³/mol. The molecule has 3 saturated carbocycles. The van der Waals surface area contributed by atoms with Gasteiger partial charge in [0.25, 0.3) is 0 Å². The minimum Gasteiger partial charge on any atom is -0.353 e. The first kappa shape index (κ1) is 15.9. The van der Waals surface area contributed by atoms with Crippen molar-refractivity contribution in [1.29, 1.82) is 0 Å². The van der Waals surface area contributed by atoms with Gasteiger partial charge in [-0.15, -0.1) is 0 Å². The molecule has 23 heavy (non-hydrogen) atoms. The van der Waals surface area contributed by atoms with Gasteiger partial charge in [0, 0.05) is 25.6 Å². The van der Waals surface area contributed by atoms with Crippen molar-refractivity contribution in [3.63, 3.8) is 0 Å². The molecule has 5 nitrogen and oxygen atoms in total. The number of amides is 1. The fraction of sp³-hybridized carbons (Fsp3) is 0.941. The highest BCUT2D eigenvalue weighted by Crippen LogP contribution is 2.49. The van der Waals surface area contributed by atoms with Gasteiger partial charge in [-0.25, -0.2) is 12.7 Å². The van der Waals surface area contributed by atoms with E-state index in [0.29, 0.717) is 25.4 Å². The lowest BCUT2D eigenvalue weighted by Gasteiger charge is -2.32. The van der Waals surface area contributed by atoms with E-state index in [1.807, 2.05) is 0 Å². The van der Waals surface area contributed by atoms with Crippen molar-refractivity contribution < 1.29 is 13.2 Å². The van der Waals surface area contributed by atoms with E-state index in [4.69, 9.17) is 0 Å². The molecule has 0 unspecified atom stereocenters. The molecule has 0 aromatic carbocycles. The van der Waals surface area contributed by atoms with Gasteiger partial charge < -0.3 is 5.32 Å². The number of piperidine rings is 1. The van der Waals surface area contributed by atoms with Crippen molar-refractivity contribution in [2.75, 3.05) is 13.1 Å². The van der Waals surface area contributed by atoms with E-state index in [1.165, 1.54) is 25.7 Å². The van der Waals surface area contributed by atoms with Crippen molar-refractivity contribution in [2.24, 2.45) is 17.8 Å². The van der Waals surface area contributed by atoms with Crippen LogP contribution in [0, 0.1) is 17.8 Å². The van der Waals surface area contributed by atoms with Crippen molar-refractivity contribution >= 4 is 15.9 Å². The Balaban J connectivity index is 1.22. The second kappa shape index (κ2) is 6.03. The van der Waals surface area contributed by atoms with Gasteiger partial charge in [0.15, 0.2) is 0 Å². The highest BCUT2D eigenvalue weighted by Gasteiger charge is 2.42. The summed E-state index contributed by atoms with van der Waals surface area (Å²) in [7, 11) is -3.04. The van der Waals surface area contributed by atoms with Gasteiger partial charge >= 0.3 is 0 Å². The van der Waals surface area contributed by atoms with Gasteiger partial charge in [-0.3, -0.25) is 4.79 Å². The average Bonchev–Trinajstić information content (AvgIpc) is 3.20. The highest BCUT2D eigenvalue weighted by atomic mass is 32.2. The summed E-state index contributed by atoms with van der Waals surface area (Å²) in [4.78, 5) is 12.3. The lowest BCUT2D eigenvalue weighted by atomic mass is 9.86. The van der Waals surface area contributed by atoms with Crippen molar-refractivity contribution in [3.8, 4) is 0 Å². The van der Waals surface area contributed by atoms with Gasteiger partial charge in [0.1, 0.15) is 0 Å². The number of hydrogen-bond donors (Lipinski definition) is 1. The fourth-order valence-corrected chi connectivity index (χ4v) is 6.86. The van der Waals surface area contributed by atoms with E-state index >= 15 is 0 Å². The third-order valence-corrected chi connectivity index (χ3v) is 8.86. The van der Waals surface area contributed by atoms with Crippen LogP contribution in [0.15, 0.2) is 0 Å². The molecule has 3 atom stereocenters. The third kappa shape index (κ3) is 3.29. The number of nitrogens with zero attached hydrogens (tertiary/aromatic N) is 1. The van der Waals surface area contributed by atoms with Gasteiger partial charge in [0.2, 0.25) is 15.9 Å². The van der Waals surface area contributed by atoms with Gasteiger partial charge in [0.05, 0.1) is 5.25 Å². The van der Waals surface area contributed by atoms with Crippen molar-refractivity contribution in [3.05, 3.63) is 0 Å². The quantitative estimate of drug-likeness (QED) is 0.831. The molecule has 130 valence electrons. The Hall–Kier alpha value is -0.620. The number of nitrogens with one attached hydrogen (secondary N) is 1. The van der Waals surface area contributed by atoms with E-state index in [2.05, 4.69) is 5.32 Å². The Morgan fingerprint density at radius 2 is 1.74 bits per heavy atom. The fourth-order valence-electron chi connectivity index (χ4n) is 4.98. The predicted octanol–water partition coefficient (Wildman–Crippen LogP) is 1.89. The van der Waals surface area contributed by atoms with Crippen LogP contribution in [-0.4, -0.2) is 43.0 Å². The topological polar surface area (TPSA) is 66.5 Å². The summed E-state index contributed by atoms with van der Waals surface area (Å²) in [6.07, 6.45) is 9.12. The first-order valence-electron chi connectivity index (χ1n) is 9.30. The second-order valence-electron chi connectivity index (χ2n) is 8.12. The number of sulfonamides is 1. The van der Waals surface area contributed by atoms with Crippen LogP contribution in [0.4, 0.5) is 0 Å². The maximum absolute atomic E-state index is 12.3. The zero-order valence-electron chi connectivity index (χ0n) is 13.7. The van der Waals surface area contributed by atoms with Gasteiger partial charge in [-0.05, 0) is 62.7 Å². The zero-order valence-corrected chi connectivity index (χ0v) is 14.6. The van der Waals surface area contributed by atoms with Gasteiger partial charge in [-0.2, -0.15) is 0 Å². The summed E-state index contributed by atoms with van der Waals surface area (Å²) >= 11 is 0. The van der Waals surface area contributed by atoms with Crippen LogP contribution < -0.4 is 5.32 Å². The number of fused-ring (bicyclic) bond motifs is 2. The summed E-state index contributed by atoms with van der Waals surface area (Å²) in [5.41, 5.74) is 0. The molecule has 0 aromatic rings. The van der Waals surface area contributed by atoms with E-state index < -0.39 is 10.0 Å². The third-order valence-electron chi connectivity index (χ3n) is 6.46. The van der Waals surface area contributed by atoms with Crippen molar-refractivity contribution in [2.45, 2.75) is 69.1 Å². The van der Waals surface area contributed by atoms with Crippen LogP contribution >= 0.6 is 0 Å². The normalized spacial score (nSPS) is 35.6. The molecule has 0 radical (unpaired) electrons. The van der Waals surface area contributed by atoms with Crippen LogP contribution in [0.2, 0.25) is 0 Å². The molecule has 4 fully saturated rings. The van der Waals surface area contributed by atoms with Crippen LogP contribution in [0.3, 0.4) is 0 Å². The van der Waals surface area contributed by atoms with Gasteiger partial charge in [-0.1, -0.05) is 6.42 Å². The number of hydrogen-bond acceptors (Lipinski definition) is 3. The summed E-state index contributed by atoms with van der Waals surface area (Å²) in [5.74, 6) is 2.46. The molecular weight excluding hydrogens is 312 g/mol. The van der Waals surface area contributed by atoms with Crippen molar-refractivity contribution in [1.82, 2.24) is 9.62 Å². The van der Waals surface area contributed by atoms with Crippen LogP contribution in [-0.2, 0) is 14.8 Å². The molecule has 0 aromatic heterocycles. The maximum Gasteiger partial charge on any atom is 0.220 e. The Bertz CT molecular complexity index is 564. The Morgan fingerprint density at radius 3 is 2.30 bits per heavy atom. The molecule has 0 spiro atoms. The second-order valence-corrected chi connectivity index (χ2v) is 10.3. The summed E-state index contributed by atoms with van der Waals surface area (Å²) in [6, 6.07) is 0.159. The molecule has 6 heteroatoms. The summed E-state index contributed by atoms with van der Waals surface area (Å²) in [5, 5.41) is 3.04. The number of rotatable bonds is 5. The molecule has 4 rings (SSSR count). The Kier molecular flexibility index (Phi) is 4.16. The first-order chi connectivity index (χ1) is 11.0. The largest absolute Gasteiger partial charge is 0.353 e. The average molecular weight is 340 g/mol. The lowest BCUT2D eigenvalue weighted by molar-refractivity contribution is -0.123. The van der Waals surface area contributed by atoms with E-state index in [1.54, 1.807) is 4.31 Å². The molecule has 1 aliphatic heterocycles. The molecular formula is C17H28N2O3S. The SMILES string of the molecule is O=C(C[C@@H]1C[C@H]2CC[C@H]1C2)NC1CCN(S(=O)(=O)C2CC2)CC1. The molecule has 1 amide bonds. The van der Waals surface area contributed by atoms with E-state index in [9.17, 15) is 13.2 Å². The zero-order chi connectivity index (χ0) is 16.0.